The average molecular weight is 535 g/mol. The van der Waals surface area contributed by atoms with E-state index in [1.54, 1.807) is 6.08 Å². The summed E-state index contributed by atoms with van der Waals surface area (Å²) >= 11 is 0. The van der Waals surface area contributed by atoms with Crippen LogP contribution in [0.4, 0.5) is 0 Å². The second-order valence-electron chi connectivity index (χ2n) is 9.59. The van der Waals surface area contributed by atoms with E-state index in [1.165, 1.54) is 5.56 Å². The molecular formula is C34H38N4O2. The molecule has 206 valence electrons. The van der Waals surface area contributed by atoms with E-state index in [2.05, 4.69) is 77.9 Å². The number of nitrogens with zero attached hydrogens (tertiary/aromatic N) is 3. The first kappa shape index (κ1) is 28.6. The molecule has 0 aliphatic heterocycles. The minimum absolute atomic E-state index is 0.398. The number of rotatable bonds is 14. The monoisotopic (exact) mass is 534 g/mol. The molecule has 40 heavy (non-hydrogen) atoms. The second-order valence-corrected chi connectivity index (χ2v) is 9.59. The molecule has 0 aliphatic rings. The summed E-state index contributed by atoms with van der Waals surface area (Å²) in [5, 5.41) is 9.21. The van der Waals surface area contributed by atoms with Gasteiger partial charge in [-0.15, -0.1) is 0 Å². The Kier molecular flexibility index (Phi) is 10.5. The van der Waals surface area contributed by atoms with Gasteiger partial charge in [0.15, 0.2) is 0 Å². The van der Waals surface area contributed by atoms with E-state index in [1.807, 2.05) is 48.7 Å². The highest BCUT2D eigenvalue weighted by atomic mass is 16.5. The molecule has 3 aromatic carbocycles. The fourth-order valence-electron chi connectivity index (χ4n) is 4.53. The van der Waals surface area contributed by atoms with Gasteiger partial charge in [0.05, 0.1) is 17.8 Å². The molecule has 0 aliphatic carbocycles. The lowest BCUT2D eigenvalue weighted by atomic mass is 10.0. The molecule has 0 saturated carbocycles. The van der Waals surface area contributed by atoms with Crippen LogP contribution in [-0.4, -0.2) is 27.5 Å². The summed E-state index contributed by atoms with van der Waals surface area (Å²) in [6.07, 6.45) is 12.3. The van der Waals surface area contributed by atoms with Crippen molar-refractivity contribution in [3.05, 3.63) is 125 Å². The van der Waals surface area contributed by atoms with Gasteiger partial charge in [0.1, 0.15) is 23.7 Å². The molecule has 0 amide bonds. The van der Waals surface area contributed by atoms with Crippen LogP contribution >= 0.6 is 0 Å². The number of nitrogens with one attached hydrogen (secondary N) is 1. The Bertz CT molecular complexity index is 1490. The SMILES string of the molecule is C=C(/C=C/c1cc(OCc2ccccc2)c2c(nc(CCc3ccccc3)n2CC/N=C\C=C/CC)c1C)NO. The van der Waals surface area contributed by atoms with Crippen LogP contribution in [0.5, 0.6) is 5.75 Å². The Morgan fingerprint density at radius 3 is 2.50 bits per heavy atom. The number of hydrogen-bond donors (Lipinski definition) is 2. The number of benzene rings is 3. The van der Waals surface area contributed by atoms with Crippen molar-refractivity contribution in [1.29, 1.82) is 0 Å². The number of imidazole rings is 1. The maximum absolute atomic E-state index is 9.21. The van der Waals surface area contributed by atoms with E-state index in [-0.39, 0.29) is 0 Å². The van der Waals surface area contributed by atoms with Crippen LogP contribution in [-0.2, 0) is 26.0 Å². The normalized spacial score (nSPS) is 11.8. The average Bonchev–Trinajstić information content (AvgIpc) is 3.36. The van der Waals surface area contributed by atoms with E-state index >= 15 is 0 Å². The van der Waals surface area contributed by atoms with Gasteiger partial charge >= 0.3 is 0 Å². The number of aryl methyl sites for hydroxylation is 3. The van der Waals surface area contributed by atoms with E-state index in [0.717, 1.165) is 58.6 Å². The Hall–Kier alpha value is -4.42. The molecule has 1 aromatic heterocycles. The van der Waals surface area contributed by atoms with Crippen molar-refractivity contribution in [2.24, 2.45) is 4.99 Å². The molecule has 0 unspecified atom stereocenters. The summed E-state index contributed by atoms with van der Waals surface area (Å²) < 4.78 is 8.75. The highest BCUT2D eigenvalue weighted by molar-refractivity contribution is 5.89. The van der Waals surface area contributed by atoms with Crippen LogP contribution in [0.2, 0.25) is 0 Å². The predicted octanol–water partition coefficient (Wildman–Crippen LogP) is 7.25. The van der Waals surface area contributed by atoms with Gasteiger partial charge in [-0.1, -0.05) is 86.3 Å². The zero-order chi connectivity index (χ0) is 28.2. The lowest BCUT2D eigenvalue weighted by molar-refractivity contribution is 0.205. The van der Waals surface area contributed by atoms with Gasteiger partial charge in [0.25, 0.3) is 0 Å². The molecule has 0 bridgehead atoms. The summed E-state index contributed by atoms with van der Waals surface area (Å²) in [4.78, 5) is 9.79. The van der Waals surface area contributed by atoms with E-state index < -0.39 is 0 Å². The molecular weight excluding hydrogens is 496 g/mol. The van der Waals surface area contributed by atoms with E-state index in [9.17, 15) is 5.21 Å². The van der Waals surface area contributed by atoms with Crippen molar-refractivity contribution in [2.75, 3.05) is 6.54 Å². The minimum Gasteiger partial charge on any atom is -0.487 e. The predicted molar refractivity (Wildman–Crippen MR) is 165 cm³/mol. The third-order valence-corrected chi connectivity index (χ3v) is 6.70. The first-order valence-electron chi connectivity index (χ1n) is 13.8. The number of fused-ring (bicyclic) bond motifs is 1. The lowest BCUT2D eigenvalue weighted by Crippen LogP contribution is -2.09. The fourth-order valence-corrected chi connectivity index (χ4v) is 4.53. The Labute approximate surface area is 237 Å². The van der Waals surface area contributed by atoms with Gasteiger partial charge in [0, 0.05) is 19.2 Å². The zero-order valence-electron chi connectivity index (χ0n) is 23.4. The van der Waals surface area contributed by atoms with Gasteiger partial charge in [-0.05, 0) is 60.2 Å². The van der Waals surface area contributed by atoms with E-state index in [4.69, 9.17) is 9.72 Å². The molecule has 0 spiro atoms. The molecule has 0 fully saturated rings. The van der Waals surface area contributed by atoms with Crippen LogP contribution in [0.3, 0.4) is 0 Å². The standard InChI is InChI=1S/C34H38N4O2/c1-4-5-12-21-35-22-23-38-32(20-18-28-13-8-6-9-14-28)36-33-27(3)30(19-17-26(2)37-39)24-31(34(33)38)40-25-29-15-10-7-11-16-29/h5-17,19,21,24,37,39H,2,4,18,20,22-23,25H2,1,3H3/b12-5-,19-17+,35-21-. The van der Waals surface area contributed by atoms with Crippen molar-refractivity contribution in [2.45, 2.75) is 46.3 Å². The molecule has 6 heteroatoms. The van der Waals surface area contributed by atoms with Crippen LogP contribution < -0.4 is 10.2 Å². The molecule has 2 N–H and O–H groups in total. The Balaban J connectivity index is 1.78. The topological polar surface area (TPSA) is 71.7 Å². The first-order valence-corrected chi connectivity index (χ1v) is 13.8. The van der Waals surface area contributed by atoms with Crippen LogP contribution in [0.15, 0.2) is 102 Å². The summed E-state index contributed by atoms with van der Waals surface area (Å²) in [5.74, 6) is 1.77. The van der Waals surface area contributed by atoms with Crippen LogP contribution in [0.25, 0.3) is 17.1 Å². The molecule has 6 nitrogen and oxygen atoms in total. The van der Waals surface area contributed by atoms with Crippen molar-refractivity contribution in [3.8, 4) is 5.75 Å². The van der Waals surface area contributed by atoms with Crippen molar-refractivity contribution in [3.63, 3.8) is 0 Å². The van der Waals surface area contributed by atoms with Gasteiger partial charge in [-0.3, -0.25) is 15.7 Å². The Morgan fingerprint density at radius 1 is 1.07 bits per heavy atom. The molecule has 0 saturated heterocycles. The highest BCUT2D eigenvalue weighted by Crippen LogP contribution is 2.34. The maximum Gasteiger partial charge on any atom is 0.146 e. The quantitative estimate of drug-likeness (QED) is 0.102. The summed E-state index contributed by atoms with van der Waals surface area (Å²) in [6.45, 7) is 9.75. The molecule has 0 atom stereocenters. The third-order valence-electron chi connectivity index (χ3n) is 6.70. The fraction of sp³-hybridized carbons (Fsp3) is 0.235. The van der Waals surface area contributed by atoms with Gasteiger partial charge < -0.3 is 9.30 Å². The van der Waals surface area contributed by atoms with Crippen LogP contribution in [0.1, 0.15) is 41.4 Å². The number of aliphatic imine (C=N–C) groups is 1. The lowest BCUT2D eigenvalue weighted by Gasteiger charge is -2.14. The number of allylic oxidation sites excluding steroid dienone is 3. The van der Waals surface area contributed by atoms with Crippen molar-refractivity contribution >= 4 is 23.3 Å². The maximum atomic E-state index is 9.21. The molecule has 4 rings (SSSR count). The van der Waals surface area contributed by atoms with Gasteiger partial charge in [-0.25, -0.2) is 4.98 Å². The van der Waals surface area contributed by atoms with Crippen molar-refractivity contribution < 1.29 is 9.94 Å². The second kappa shape index (κ2) is 14.7. The molecule has 1 heterocycles. The van der Waals surface area contributed by atoms with Gasteiger partial charge in [-0.2, -0.15) is 0 Å². The van der Waals surface area contributed by atoms with Gasteiger partial charge in [0.2, 0.25) is 0 Å². The number of aromatic nitrogens is 2. The number of ether oxygens (including phenoxy) is 1. The van der Waals surface area contributed by atoms with Crippen LogP contribution in [0, 0.1) is 6.92 Å². The van der Waals surface area contributed by atoms with E-state index in [0.29, 0.717) is 25.4 Å². The third kappa shape index (κ3) is 7.58. The highest BCUT2D eigenvalue weighted by Gasteiger charge is 2.19. The first-order chi connectivity index (χ1) is 19.6. The summed E-state index contributed by atoms with van der Waals surface area (Å²) in [5.41, 5.74) is 8.74. The molecule has 0 radical (unpaired) electrons. The zero-order valence-corrected chi connectivity index (χ0v) is 23.4. The minimum atomic E-state index is 0.398. The number of hydroxylamine groups is 1. The number of hydrogen-bond acceptors (Lipinski definition) is 5. The summed E-state index contributed by atoms with van der Waals surface area (Å²) in [6, 6.07) is 22.7. The smallest absolute Gasteiger partial charge is 0.146 e. The van der Waals surface area contributed by atoms with Crippen molar-refractivity contribution in [1.82, 2.24) is 15.0 Å². The largest absolute Gasteiger partial charge is 0.487 e. The summed E-state index contributed by atoms with van der Waals surface area (Å²) in [7, 11) is 0. The molecule has 4 aromatic rings. The Morgan fingerprint density at radius 2 is 1.80 bits per heavy atom.